The van der Waals surface area contributed by atoms with Crippen LogP contribution in [0.1, 0.15) is 11.5 Å². The van der Waals surface area contributed by atoms with Gasteiger partial charge in [-0.25, -0.2) is 9.97 Å². The number of aryl methyl sites for hydroxylation is 1. The maximum absolute atomic E-state index is 10.4. The maximum atomic E-state index is 10.4. The van der Waals surface area contributed by atoms with E-state index >= 15 is 0 Å². The van der Waals surface area contributed by atoms with Gasteiger partial charge in [-0.05, 0) is 6.92 Å². The first-order valence-electron chi connectivity index (χ1n) is 4.33. The largest absolute Gasteiger partial charge is 0.481 e. The number of carboxylic acids is 1. The number of imidazole rings is 1. The van der Waals surface area contributed by atoms with Gasteiger partial charge in [0.1, 0.15) is 12.2 Å². The van der Waals surface area contributed by atoms with E-state index in [0.29, 0.717) is 17.5 Å². The minimum absolute atomic E-state index is 0.174. The highest BCUT2D eigenvalue weighted by Crippen LogP contribution is 2.15. The number of aromatic amines is 1. The molecule has 0 saturated carbocycles. The van der Waals surface area contributed by atoms with Gasteiger partial charge in [-0.3, -0.25) is 4.79 Å². The molecule has 0 aliphatic rings. The predicted molar refractivity (Wildman–Crippen MR) is 50.2 cm³/mol. The Balaban J connectivity index is 2.23. The number of aliphatic carboxylic acids is 1. The number of hydrogen-bond acceptors (Lipinski definition) is 4. The van der Waals surface area contributed by atoms with Crippen molar-refractivity contribution in [1.82, 2.24) is 15.0 Å². The van der Waals surface area contributed by atoms with Gasteiger partial charge in [0.2, 0.25) is 0 Å². The second-order valence-electron chi connectivity index (χ2n) is 3.12. The summed E-state index contributed by atoms with van der Waals surface area (Å²) < 4.78 is 5.21. The van der Waals surface area contributed by atoms with E-state index in [4.69, 9.17) is 9.52 Å². The zero-order chi connectivity index (χ0) is 10.8. The summed E-state index contributed by atoms with van der Waals surface area (Å²) in [6, 6.07) is 0. The molecule has 0 amide bonds. The van der Waals surface area contributed by atoms with Crippen molar-refractivity contribution in [2.45, 2.75) is 13.3 Å². The average Bonchev–Trinajstić information content (AvgIpc) is 2.72. The molecule has 6 heteroatoms. The van der Waals surface area contributed by atoms with Gasteiger partial charge in [-0.2, -0.15) is 0 Å². The molecule has 15 heavy (non-hydrogen) atoms. The van der Waals surface area contributed by atoms with Crippen LogP contribution in [-0.2, 0) is 11.2 Å². The quantitative estimate of drug-likeness (QED) is 0.783. The van der Waals surface area contributed by atoms with Crippen molar-refractivity contribution < 1.29 is 14.3 Å². The number of carbonyl (C=O) groups is 1. The molecule has 0 aliphatic carbocycles. The summed E-state index contributed by atoms with van der Waals surface area (Å²) >= 11 is 0. The first kappa shape index (κ1) is 9.45. The van der Waals surface area contributed by atoms with Crippen molar-refractivity contribution in [3.63, 3.8) is 0 Å². The summed E-state index contributed by atoms with van der Waals surface area (Å²) in [7, 11) is 0. The van der Waals surface area contributed by atoms with E-state index in [1.807, 2.05) is 6.92 Å². The van der Waals surface area contributed by atoms with Gasteiger partial charge in [-0.1, -0.05) is 0 Å². The smallest absolute Gasteiger partial charge is 0.311 e. The molecule has 0 saturated heterocycles. The molecule has 78 valence electrons. The van der Waals surface area contributed by atoms with Crippen LogP contribution in [0, 0.1) is 6.92 Å². The molecular formula is C9H9N3O3. The molecule has 0 fully saturated rings. The van der Waals surface area contributed by atoms with Crippen LogP contribution in [0.3, 0.4) is 0 Å². The molecule has 2 aromatic rings. The Morgan fingerprint density at radius 3 is 2.93 bits per heavy atom. The SMILES string of the molecule is Cc1cnc(-c2ncc(CC(=O)O)o2)[nH]1. The second kappa shape index (κ2) is 3.56. The molecule has 0 aromatic carbocycles. The molecule has 0 spiro atoms. The zero-order valence-electron chi connectivity index (χ0n) is 8.02. The highest BCUT2D eigenvalue weighted by Gasteiger charge is 2.11. The van der Waals surface area contributed by atoms with Gasteiger partial charge in [0.25, 0.3) is 5.89 Å². The van der Waals surface area contributed by atoms with Crippen molar-refractivity contribution in [3.8, 4) is 11.7 Å². The molecule has 2 aromatic heterocycles. The maximum Gasteiger partial charge on any atom is 0.311 e. The highest BCUT2D eigenvalue weighted by molar-refractivity contribution is 5.69. The highest BCUT2D eigenvalue weighted by atomic mass is 16.4. The summed E-state index contributed by atoms with van der Waals surface area (Å²) in [6.07, 6.45) is 2.87. The minimum Gasteiger partial charge on any atom is -0.481 e. The third-order valence-corrected chi connectivity index (χ3v) is 1.78. The first-order chi connectivity index (χ1) is 7.15. The lowest BCUT2D eigenvalue weighted by molar-refractivity contribution is -0.136. The molecule has 2 rings (SSSR count). The molecule has 6 nitrogen and oxygen atoms in total. The molecule has 2 heterocycles. The van der Waals surface area contributed by atoms with Crippen molar-refractivity contribution in [2.75, 3.05) is 0 Å². The number of nitrogens with zero attached hydrogens (tertiary/aromatic N) is 2. The third-order valence-electron chi connectivity index (χ3n) is 1.78. The van der Waals surface area contributed by atoms with Gasteiger partial charge >= 0.3 is 5.97 Å². The van der Waals surface area contributed by atoms with Gasteiger partial charge in [0.15, 0.2) is 5.82 Å². The number of H-pyrrole nitrogens is 1. The van der Waals surface area contributed by atoms with Crippen molar-refractivity contribution in [1.29, 1.82) is 0 Å². The Morgan fingerprint density at radius 2 is 2.33 bits per heavy atom. The Bertz CT molecular complexity index is 486. The van der Waals surface area contributed by atoms with Crippen LogP contribution >= 0.6 is 0 Å². The van der Waals surface area contributed by atoms with Crippen molar-refractivity contribution in [2.24, 2.45) is 0 Å². The van der Waals surface area contributed by atoms with E-state index in [0.717, 1.165) is 5.69 Å². The molecular weight excluding hydrogens is 198 g/mol. The number of nitrogens with one attached hydrogen (secondary N) is 1. The third kappa shape index (κ3) is 2.04. The molecule has 0 aliphatic heterocycles. The lowest BCUT2D eigenvalue weighted by Crippen LogP contribution is -1.97. The lowest BCUT2D eigenvalue weighted by atomic mass is 10.4. The Labute approximate surface area is 85.0 Å². The summed E-state index contributed by atoms with van der Waals surface area (Å²) in [5, 5.41) is 8.54. The van der Waals surface area contributed by atoms with Crippen LogP contribution in [0.25, 0.3) is 11.7 Å². The summed E-state index contributed by atoms with van der Waals surface area (Å²) in [5.41, 5.74) is 0.892. The van der Waals surface area contributed by atoms with Crippen LogP contribution in [-0.4, -0.2) is 26.0 Å². The number of aromatic nitrogens is 3. The lowest BCUT2D eigenvalue weighted by Gasteiger charge is -1.89. The van der Waals surface area contributed by atoms with Gasteiger partial charge in [-0.15, -0.1) is 0 Å². The normalized spacial score (nSPS) is 10.5. The van der Waals surface area contributed by atoms with Gasteiger partial charge < -0.3 is 14.5 Å². The zero-order valence-corrected chi connectivity index (χ0v) is 8.02. The van der Waals surface area contributed by atoms with E-state index in [9.17, 15) is 4.79 Å². The van der Waals surface area contributed by atoms with Crippen LogP contribution in [0.2, 0.25) is 0 Å². The molecule has 0 bridgehead atoms. The van der Waals surface area contributed by atoms with Crippen LogP contribution < -0.4 is 0 Å². The summed E-state index contributed by atoms with van der Waals surface area (Å²) in [4.78, 5) is 21.3. The Morgan fingerprint density at radius 1 is 1.53 bits per heavy atom. The fourth-order valence-corrected chi connectivity index (χ4v) is 1.17. The van der Waals surface area contributed by atoms with Crippen molar-refractivity contribution >= 4 is 5.97 Å². The van der Waals surface area contributed by atoms with E-state index in [2.05, 4.69) is 15.0 Å². The van der Waals surface area contributed by atoms with Gasteiger partial charge in [0.05, 0.1) is 6.20 Å². The standard InChI is InChI=1S/C9H9N3O3/c1-5-3-10-8(12-5)9-11-4-6(15-9)2-7(13)14/h3-4H,2H2,1H3,(H,10,12)(H,13,14). The Kier molecular flexibility index (Phi) is 2.24. The van der Waals surface area contributed by atoms with Crippen LogP contribution in [0.15, 0.2) is 16.8 Å². The molecule has 0 atom stereocenters. The summed E-state index contributed by atoms with van der Waals surface area (Å²) in [5.74, 6) is 0.170. The van der Waals surface area contributed by atoms with Crippen LogP contribution in [0.4, 0.5) is 0 Å². The van der Waals surface area contributed by atoms with E-state index in [1.54, 1.807) is 6.20 Å². The topological polar surface area (TPSA) is 92.0 Å². The Hall–Kier alpha value is -2.11. The molecule has 0 radical (unpaired) electrons. The van der Waals surface area contributed by atoms with Gasteiger partial charge in [0, 0.05) is 11.9 Å². The second-order valence-corrected chi connectivity index (χ2v) is 3.12. The number of carboxylic acid groups (broad SMARTS) is 1. The number of hydrogen-bond donors (Lipinski definition) is 2. The fourth-order valence-electron chi connectivity index (χ4n) is 1.17. The average molecular weight is 207 g/mol. The molecule has 2 N–H and O–H groups in total. The number of rotatable bonds is 3. The van der Waals surface area contributed by atoms with E-state index in [1.165, 1.54) is 6.20 Å². The number of oxazole rings is 1. The fraction of sp³-hybridized carbons (Fsp3) is 0.222. The molecule has 0 unspecified atom stereocenters. The van der Waals surface area contributed by atoms with E-state index in [-0.39, 0.29) is 6.42 Å². The first-order valence-corrected chi connectivity index (χ1v) is 4.33. The predicted octanol–water partition coefficient (Wildman–Crippen LogP) is 1.00. The van der Waals surface area contributed by atoms with Crippen LogP contribution in [0.5, 0.6) is 0 Å². The summed E-state index contributed by atoms with van der Waals surface area (Å²) in [6.45, 7) is 1.86. The monoisotopic (exact) mass is 207 g/mol. The van der Waals surface area contributed by atoms with Crippen molar-refractivity contribution in [3.05, 3.63) is 23.8 Å². The minimum atomic E-state index is -0.951. The van der Waals surface area contributed by atoms with E-state index < -0.39 is 5.97 Å².